The summed E-state index contributed by atoms with van der Waals surface area (Å²) in [6.45, 7) is 13.9. The third-order valence-electron chi connectivity index (χ3n) is 4.78. The topological polar surface area (TPSA) is 21.1 Å². The van der Waals surface area contributed by atoms with Gasteiger partial charge in [-0.1, -0.05) is 29.8 Å². The standard InChI is InChI=1S/C21H18N3S/c1-12-9-13(2)14(3)16(10-12)19-21-18(23-11-24(19)5)15-7-6-8-17(22-4)20(15)25-21/h6-11H,1-3,5H3/q+1. The molecule has 0 atom stereocenters. The van der Waals surface area contributed by atoms with E-state index in [1.165, 1.54) is 27.9 Å². The second-order valence-corrected chi connectivity index (χ2v) is 7.52. The van der Waals surface area contributed by atoms with Gasteiger partial charge in [0.15, 0.2) is 5.69 Å². The van der Waals surface area contributed by atoms with E-state index in [1.54, 1.807) is 11.3 Å². The molecule has 25 heavy (non-hydrogen) atoms. The predicted octanol–water partition coefficient (Wildman–Crippen LogP) is 5.42. The maximum atomic E-state index is 7.46. The van der Waals surface area contributed by atoms with Gasteiger partial charge in [-0.3, -0.25) is 0 Å². The molecule has 0 saturated carbocycles. The van der Waals surface area contributed by atoms with Crippen LogP contribution in [-0.4, -0.2) is 4.98 Å². The van der Waals surface area contributed by atoms with Crippen LogP contribution < -0.4 is 4.57 Å². The molecule has 0 aliphatic carbocycles. The van der Waals surface area contributed by atoms with Crippen LogP contribution in [-0.2, 0) is 7.05 Å². The Kier molecular flexibility index (Phi) is 3.55. The highest BCUT2D eigenvalue weighted by atomic mass is 32.1. The summed E-state index contributed by atoms with van der Waals surface area (Å²) in [4.78, 5) is 8.37. The van der Waals surface area contributed by atoms with E-state index in [2.05, 4.69) is 53.4 Å². The number of hydrogen-bond donors (Lipinski definition) is 0. The van der Waals surface area contributed by atoms with Gasteiger partial charge in [-0.25, -0.2) is 9.41 Å². The summed E-state index contributed by atoms with van der Waals surface area (Å²) in [6.07, 6.45) is 1.88. The van der Waals surface area contributed by atoms with Gasteiger partial charge in [0.05, 0.1) is 13.6 Å². The van der Waals surface area contributed by atoms with E-state index in [0.29, 0.717) is 5.69 Å². The minimum Gasteiger partial charge on any atom is -0.237 e. The number of fused-ring (bicyclic) bond motifs is 3. The molecule has 4 heteroatoms. The molecule has 0 spiro atoms. The zero-order chi connectivity index (χ0) is 17.7. The molecule has 0 aliphatic rings. The van der Waals surface area contributed by atoms with Crippen molar-refractivity contribution in [2.45, 2.75) is 20.8 Å². The van der Waals surface area contributed by atoms with Gasteiger partial charge in [0, 0.05) is 15.6 Å². The minimum absolute atomic E-state index is 0.700. The molecule has 122 valence electrons. The zero-order valence-electron chi connectivity index (χ0n) is 14.7. The lowest BCUT2D eigenvalue weighted by Gasteiger charge is -2.11. The first-order valence-corrected chi connectivity index (χ1v) is 8.98. The van der Waals surface area contributed by atoms with Gasteiger partial charge in [-0.15, -0.1) is 11.3 Å². The molecule has 0 N–H and O–H groups in total. The van der Waals surface area contributed by atoms with Gasteiger partial charge in [0.2, 0.25) is 11.2 Å². The number of rotatable bonds is 1. The van der Waals surface area contributed by atoms with Crippen molar-refractivity contribution in [2.75, 3.05) is 0 Å². The normalized spacial score (nSPS) is 11.2. The molecule has 0 aliphatic heterocycles. The molecule has 0 bridgehead atoms. The lowest BCUT2D eigenvalue weighted by molar-refractivity contribution is -0.662. The SMILES string of the molecule is [C-]#[N+]c1cccc2c1sc1c(-c3cc(C)cc(C)c3C)[n+](C)cnc12. The van der Waals surface area contributed by atoms with Crippen molar-refractivity contribution in [2.24, 2.45) is 7.05 Å². The molecule has 4 rings (SSSR count). The molecule has 0 fully saturated rings. The van der Waals surface area contributed by atoms with Crippen molar-refractivity contribution in [1.29, 1.82) is 0 Å². The van der Waals surface area contributed by atoms with Crippen LogP contribution in [0, 0.1) is 27.3 Å². The van der Waals surface area contributed by atoms with Crippen molar-refractivity contribution >= 4 is 37.3 Å². The average molecular weight is 344 g/mol. The van der Waals surface area contributed by atoms with Gasteiger partial charge < -0.3 is 0 Å². The molecular formula is C21H18N3S+. The fourth-order valence-corrected chi connectivity index (χ4v) is 4.74. The molecule has 0 radical (unpaired) electrons. The van der Waals surface area contributed by atoms with Crippen LogP contribution in [0.2, 0.25) is 0 Å². The lowest BCUT2D eigenvalue weighted by atomic mass is 9.97. The number of thiophene rings is 1. The van der Waals surface area contributed by atoms with Crippen molar-refractivity contribution in [3.8, 4) is 11.3 Å². The Labute approximate surface area is 151 Å². The smallest absolute Gasteiger partial charge is 0.237 e. The van der Waals surface area contributed by atoms with Gasteiger partial charge >= 0.3 is 0 Å². The molecule has 0 saturated heterocycles. The summed E-state index contributed by atoms with van der Waals surface area (Å²) in [7, 11) is 2.04. The Balaban J connectivity index is 2.19. The Hall–Kier alpha value is -2.77. The van der Waals surface area contributed by atoms with E-state index in [-0.39, 0.29) is 0 Å². The quantitative estimate of drug-likeness (QED) is 0.334. The van der Waals surface area contributed by atoms with Crippen LogP contribution >= 0.6 is 11.3 Å². The number of aromatic nitrogens is 2. The number of benzene rings is 2. The van der Waals surface area contributed by atoms with Crippen molar-refractivity contribution < 1.29 is 4.57 Å². The maximum Gasteiger partial charge on any atom is 0.287 e. The lowest BCUT2D eigenvalue weighted by Crippen LogP contribution is -2.31. The van der Waals surface area contributed by atoms with Gasteiger partial charge in [0.1, 0.15) is 4.70 Å². The molecular weight excluding hydrogens is 326 g/mol. The van der Waals surface area contributed by atoms with E-state index in [0.717, 1.165) is 20.3 Å². The fourth-order valence-electron chi connectivity index (χ4n) is 3.43. The fraction of sp³-hybridized carbons (Fsp3) is 0.190. The highest BCUT2D eigenvalue weighted by Crippen LogP contribution is 2.42. The number of nitrogens with zero attached hydrogens (tertiary/aromatic N) is 3. The Morgan fingerprint density at radius 2 is 1.92 bits per heavy atom. The van der Waals surface area contributed by atoms with E-state index in [4.69, 9.17) is 6.57 Å². The maximum absolute atomic E-state index is 7.46. The highest BCUT2D eigenvalue weighted by Gasteiger charge is 2.22. The van der Waals surface area contributed by atoms with Crippen LogP contribution in [0.1, 0.15) is 16.7 Å². The Morgan fingerprint density at radius 3 is 2.68 bits per heavy atom. The van der Waals surface area contributed by atoms with Crippen LogP contribution in [0.15, 0.2) is 36.7 Å². The van der Waals surface area contributed by atoms with Crippen LogP contribution in [0.25, 0.3) is 36.4 Å². The zero-order valence-corrected chi connectivity index (χ0v) is 15.5. The third-order valence-corrected chi connectivity index (χ3v) is 6.01. The van der Waals surface area contributed by atoms with Gasteiger partial charge in [-0.2, -0.15) is 0 Å². The third kappa shape index (κ3) is 2.32. The first kappa shape index (κ1) is 15.7. The van der Waals surface area contributed by atoms with Crippen LogP contribution in [0.3, 0.4) is 0 Å². The minimum atomic E-state index is 0.700. The van der Waals surface area contributed by atoms with E-state index in [1.807, 2.05) is 25.5 Å². The molecule has 0 amide bonds. The second-order valence-electron chi connectivity index (χ2n) is 6.50. The first-order chi connectivity index (χ1) is 12.0. The van der Waals surface area contributed by atoms with Crippen molar-refractivity contribution in [3.05, 3.63) is 64.8 Å². The Bertz CT molecular complexity index is 1200. The number of hydrogen-bond acceptors (Lipinski definition) is 2. The largest absolute Gasteiger partial charge is 0.287 e. The average Bonchev–Trinajstić information content (AvgIpc) is 2.96. The van der Waals surface area contributed by atoms with Crippen LogP contribution in [0.4, 0.5) is 5.69 Å². The summed E-state index contributed by atoms with van der Waals surface area (Å²) in [5.41, 5.74) is 7.93. The van der Waals surface area contributed by atoms with E-state index >= 15 is 0 Å². The van der Waals surface area contributed by atoms with Crippen molar-refractivity contribution in [1.82, 2.24) is 4.98 Å². The molecule has 2 aromatic carbocycles. The summed E-state index contributed by atoms with van der Waals surface area (Å²) in [5.74, 6) is 0. The number of aryl methyl sites for hydroxylation is 3. The summed E-state index contributed by atoms with van der Waals surface area (Å²) >= 11 is 1.67. The summed E-state index contributed by atoms with van der Waals surface area (Å²) < 4.78 is 4.26. The monoisotopic (exact) mass is 344 g/mol. The predicted molar refractivity (Wildman–Crippen MR) is 104 cm³/mol. The van der Waals surface area contributed by atoms with Crippen LogP contribution in [0.5, 0.6) is 0 Å². The van der Waals surface area contributed by atoms with E-state index in [9.17, 15) is 0 Å². The molecule has 0 unspecified atom stereocenters. The van der Waals surface area contributed by atoms with Gasteiger partial charge in [-0.05, 0) is 42.9 Å². The summed E-state index contributed by atoms with van der Waals surface area (Å²) in [6, 6.07) is 10.4. The summed E-state index contributed by atoms with van der Waals surface area (Å²) in [5, 5.41) is 1.07. The second kappa shape index (κ2) is 5.65. The first-order valence-electron chi connectivity index (χ1n) is 8.17. The van der Waals surface area contributed by atoms with Gasteiger partial charge in [0.25, 0.3) is 6.33 Å². The molecule has 4 aromatic rings. The van der Waals surface area contributed by atoms with Crippen molar-refractivity contribution in [3.63, 3.8) is 0 Å². The highest BCUT2D eigenvalue weighted by molar-refractivity contribution is 7.26. The molecule has 3 nitrogen and oxygen atoms in total. The molecule has 2 heterocycles. The molecule has 2 aromatic heterocycles. The Morgan fingerprint density at radius 1 is 1.12 bits per heavy atom. The van der Waals surface area contributed by atoms with E-state index < -0.39 is 0 Å².